The number of halogens is 2. The van der Waals surface area contributed by atoms with Crippen LogP contribution in [-0.4, -0.2) is 34.4 Å². The zero-order valence-corrected chi connectivity index (χ0v) is 13.3. The van der Waals surface area contributed by atoms with Gasteiger partial charge in [0.2, 0.25) is 0 Å². The predicted octanol–water partition coefficient (Wildman–Crippen LogP) is 0.963. The summed E-state index contributed by atoms with van der Waals surface area (Å²) in [5, 5.41) is 0.374. The highest BCUT2D eigenvalue weighted by Crippen LogP contribution is 2.24. The molecule has 2 rings (SSSR count). The number of hydrogen-bond donors (Lipinski definition) is 2. The lowest BCUT2D eigenvalue weighted by Crippen LogP contribution is -2.44. The molecule has 0 radical (unpaired) electrons. The molecular formula is C10H12Cl2N2O4S2. The highest BCUT2D eigenvalue weighted by atomic mass is 35.5. The normalized spacial score (nSPS) is 22.0. The minimum absolute atomic E-state index is 0.0547. The minimum atomic E-state index is -3.82. The van der Waals surface area contributed by atoms with E-state index in [1.54, 1.807) is 0 Å². The highest BCUT2D eigenvalue weighted by molar-refractivity contribution is 7.91. The van der Waals surface area contributed by atoms with Crippen LogP contribution in [-0.2, 0) is 19.9 Å². The molecule has 0 unspecified atom stereocenters. The van der Waals surface area contributed by atoms with Crippen molar-refractivity contribution in [2.24, 2.45) is 0 Å². The molecule has 0 aromatic heterocycles. The van der Waals surface area contributed by atoms with E-state index in [-0.39, 0.29) is 26.4 Å². The molecule has 1 heterocycles. The van der Waals surface area contributed by atoms with Gasteiger partial charge in [-0.25, -0.2) is 22.3 Å². The molecule has 1 atom stereocenters. The van der Waals surface area contributed by atoms with Crippen LogP contribution in [0, 0.1) is 0 Å². The molecule has 10 heteroatoms. The monoisotopic (exact) mass is 358 g/mol. The summed E-state index contributed by atoms with van der Waals surface area (Å²) in [4.78, 5) is 2.10. The van der Waals surface area contributed by atoms with E-state index in [0.29, 0.717) is 6.42 Å². The van der Waals surface area contributed by atoms with E-state index >= 15 is 0 Å². The summed E-state index contributed by atoms with van der Waals surface area (Å²) < 4.78 is 46.5. The maximum atomic E-state index is 12.0. The zero-order chi connectivity index (χ0) is 15.0. The van der Waals surface area contributed by atoms with Crippen LogP contribution >= 0.6 is 23.2 Å². The molecule has 1 aliphatic heterocycles. The molecule has 1 aromatic rings. The molecular weight excluding hydrogens is 347 g/mol. The van der Waals surface area contributed by atoms with E-state index in [1.165, 1.54) is 18.2 Å². The van der Waals surface area contributed by atoms with E-state index < -0.39 is 25.9 Å². The Kier molecular flexibility index (Phi) is 4.63. The van der Waals surface area contributed by atoms with Crippen molar-refractivity contribution in [1.82, 2.24) is 10.3 Å². The van der Waals surface area contributed by atoms with Crippen LogP contribution < -0.4 is 10.3 Å². The van der Waals surface area contributed by atoms with Crippen molar-refractivity contribution in [2.75, 3.05) is 11.5 Å². The van der Waals surface area contributed by atoms with Gasteiger partial charge in [0.1, 0.15) is 0 Å². The number of hydrogen-bond acceptors (Lipinski definition) is 5. The average molecular weight is 359 g/mol. The Labute approximate surface area is 127 Å². The predicted molar refractivity (Wildman–Crippen MR) is 77.0 cm³/mol. The highest BCUT2D eigenvalue weighted by Gasteiger charge is 2.28. The second-order valence-corrected chi connectivity index (χ2v) is 9.15. The van der Waals surface area contributed by atoms with Crippen LogP contribution in [0.15, 0.2) is 23.1 Å². The molecule has 112 valence electrons. The van der Waals surface area contributed by atoms with Crippen LogP contribution in [0.5, 0.6) is 0 Å². The van der Waals surface area contributed by atoms with Gasteiger partial charge in [0.15, 0.2) is 9.84 Å². The SMILES string of the molecule is O=S1(=O)CC[C@@H](NNS(=O)(=O)c2ccc(Cl)c(Cl)c2)C1. The Balaban J connectivity index is 2.06. The second kappa shape index (κ2) is 5.78. The Morgan fingerprint density at radius 1 is 1.20 bits per heavy atom. The fourth-order valence-electron chi connectivity index (χ4n) is 1.77. The number of sulfone groups is 1. The summed E-state index contributed by atoms with van der Waals surface area (Å²) in [5.41, 5.74) is 2.52. The quantitative estimate of drug-likeness (QED) is 0.782. The molecule has 1 fully saturated rings. The van der Waals surface area contributed by atoms with Crippen molar-refractivity contribution in [3.63, 3.8) is 0 Å². The number of rotatable bonds is 4. The van der Waals surface area contributed by atoms with E-state index in [9.17, 15) is 16.8 Å². The van der Waals surface area contributed by atoms with Crippen molar-refractivity contribution >= 4 is 43.1 Å². The first-order valence-corrected chi connectivity index (χ1v) is 9.68. The van der Waals surface area contributed by atoms with E-state index in [0.717, 1.165) is 0 Å². The molecule has 0 amide bonds. The van der Waals surface area contributed by atoms with Crippen molar-refractivity contribution in [3.8, 4) is 0 Å². The van der Waals surface area contributed by atoms with Gasteiger partial charge in [0.05, 0.1) is 26.4 Å². The summed E-state index contributed by atoms with van der Waals surface area (Å²) >= 11 is 11.5. The molecule has 1 aliphatic rings. The Morgan fingerprint density at radius 3 is 2.45 bits per heavy atom. The maximum absolute atomic E-state index is 12.0. The lowest BCUT2D eigenvalue weighted by atomic mass is 10.3. The smallest absolute Gasteiger partial charge is 0.240 e. The largest absolute Gasteiger partial charge is 0.253 e. The summed E-state index contributed by atoms with van der Waals surface area (Å²) in [5.74, 6) is -0.0317. The number of nitrogens with one attached hydrogen (secondary N) is 2. The molecule has 0 spiro atoms. The van der Waals surface area contributed by atoms with Crippen molar-refractivity contribution in [3.05, 3.63) is 28.2 Å². The number of benzene rings is 1. The first-order chi connectivity index (χ1) is 9.20. The van der Waals surface area contributed by atoms with E-state index in [2.05, 4.69) is 10.3 Å². The van der Waals surface area contributed by atoms with Gasteiger partial charge in [0.25, 0.3) is 10.0 Å². The molecule has 20 heavy (non-hydrogen) atoms. The first-order valence-electron chi connectivity index (χ1n) is 5.62. The second-order valence-electron chi connectivity index (χ2n) is 4.43. The topological polar surface area (TPSA) is 92.3 Å². The van der Waals surface area contributed by atoms with Gasteiger partial charge in [-0.2, -0.15) is 0 Å². The van der Waals surface area contributed by atoms with Crippen LogP contribution in [0.25, 0.3) is 0 Å². The standard InChI is InChI=1S/C10H12Cl2N2O4S2/c11-9-2-1-8(5-10(9)12)20(17,18)14-13-7-3-4-19(15,16)6-7/h1-2,5,7,13-14H,3-4,6H2/t7-/m1/s1. The van der Waals surface area contributed by atoms with Gasteiger partial charge in [0, 0.05) is 6.04 Å². The third-order valence-electron chi connectivity index (χ3n) is 2.83. The molecule has 1 aromatic carbocycles. The molecule has 2 N–H and O–H groups in total. The lowest BCUT2D eigenvalue weighted by molar-refractivity contribution is 0.506. The third-order valence-corrected chi connectivity index (χ3v) is 6.60. The van der Waals surface area contributed by atoms with Crippen molar-refractivity contribution in [1.29, 1.82) is 0 Å². The van der Waals surface area contributed by atoms with Gasteiger partial charge in [-0.1, -0.05) is 23.2 Å². The summed E-state index contributed by atoms with van der Waals surface area (Å²) in [6.07, 6.45) is 0.367. The molecule has 6 nitrogen and oxygen atoms in total. The molecule has 1 saturated heterocycles. The van der Waals surface area contributed by atoms with Gasteiger partial charge in [-0.3, -0.25) is 0 Å². The van der Waals surface area contributed by atoms with Gasteiger partial charge in [-0.15, -0.1) is 4.83 Å². The first kappa shape index (κ1) is 16.0. The van der Waals surface area contributed by atoms with Crippen molar-refractivity contribution in [2.45, 2.75) is 17.4 Å². The minimum Gasteiger partial charge on any atom is -0.240 e. The Hall–Kier alpha value is -0.380. The Bertz CT molecular complexity index is 719. The van der Waals surface area contributed by atoms with E-state index in [4.69, 9.17) is 23.2 Å². The van der Waals surface area contributed by atoms with E-state index in [1.807, 2.05) is 0 Å². The van der Waals surface area contributed by atoms with Gasteiger partial charge in [-0.05, 0) is 24.6 Å². The number of sulfonamides is 1. The van der Waals surface area contributed by atoms with Crippen LogP contribution in [0.4, 0.5) is 0 Å². The summed E-state index contributed by atoms with van der Waals surface area (Å²) in [6, 6.07) is 3.47. The molecule has 0 bridgehead atoms. The molecule has 0 aliphatic carbocycles. The third kappa shape index (κ3) is 3.84. The lowest BCUT2D eigenvalue weighted by Gasteiger charge is -2.12. The fourth-order valence-corrected chi connectivity index (χ4v) is 4.77. The zero-order valence-electron chi connectivity index (χ0n) is 10.1. The Morgan fingerprint density at radius 2 is 1.90 bits per heavy atom. The van der Waals surface area contributed by atoms with Crippen LogP contribution in [0.1, 0.15) is 6.42 Å². The van der Waals surface area contributed by atoms with Gasteiger partial charge < -0.3 is 0 Å². The molecule has 0 saturated carbocycles. The maximum Gasteiger partial charge on any atom is 0.253 e. The summed E-state index contributed by atoms with van der Waals surface area (Å²) in [7, 11) is -6.90. The van der Waals surface area contributed by atoms with Crippen LogP contribution in [0.3, 0.4) is 0 Å². The summed E-state index contributed by atoms with van der Waals surface area (Å²) in [6.45, 7) is 0. The van der Waals surface area contributed by atoms with Crippen LogP contribution in [0.2, 0.25) is 10.0 Å². The number of hydrazine groups is 1. The fraction of sp³-hybridized carbons (Fsp3) is 0.400. The van der Waals surface area contributed by atoms with Gasteiger partial charge >= 0.3 is 0 Å². The van der Waals surface area contributed by atoms with Crippen molar-refractivity contribution < 1.29 is 16.8 Å². The average Bonchev–Trinajstić information content (AvgIpc) is 2.70.